The van der Waals surface area contributed by atoms with Crippen LogP contribution in [0.3, 0.4) is 0 Å². The molecule has 1 rings (SSSR count). The lowest BCUT2D eigenvalue weighted by molar-refractivity contribution is -0.123. The zero-order chi connectivity index (χ0) is 16.8. The van der Waals surface area contributed by atoms with Gasteiger partial charge in [0.05, 0.1) is 33.0 Å². The van der Waals surface area contributed by atoms with Gasteiger partial charge in [-0.25, -0.2) is 0 Å². The van der Waals surface area contributed by atoms with E-state index < -0.39 is 0 Å². The van der Waals surface area contributed by atoms with Gasteiger partial charge in [-0.3, -0.25) is 4.79 Å². The van der Waals surface area contributed by atoms with Crippen LogP contribution in [0.25, 0.3) is 0 Å². The summed E-state index contributed by atoms with van der Waals surface area (Å²) in [6.07, 6.45) is 0.510. The molecule has 0 bridgehead atoms. The molecular formula is C17H27NO5. The van der Waals surface area contributed by atoms with Gasteiger partial charge in [-0.15, -0.1) is 0 Å². The maximum atomic E-state index is 11.0. The number of carbonyl (C=O) groups excluding carboxylic acids is 1. The molecule has 23 heavy (non-hydrogen) atoms. The first-order valence-corrected chi connectivity index (χ1v) is 7.91. The van der Waals surface area contributed by atoms with E-state index in [1.54, 1.807) is 0 Å². The van der Waals surface area contributed by atoms with Crippen molar-refractivity contribution >= 4 is 11.5 Å². The van der Waals surface area contributed by atoms with Gasteiger partial charge in [0.2, 0.25) is 0 Å². The van der Waals surface area contributed by atoms with Gasteiger partial charge in [-0.1, -0.05) is 6.92 Å². The highest BCUT2D eigenvalue weighted by Crippen LogP contribution is 2.14. The zero-order valence-electron chi connectivity index (χ0n) is 14.0. The summed E-state index contributed by atoms with van der Waals surface area (Å²) in [5, 5.41) is 3.05. The molecule has 0 atom stereocenters. The molecule has 0 aliphatic heterocycles. The molecule has 1 aromatic carbocycles. The van der Waals surface area contributed by atoms with Crippen molar-refractivity contribution in [1.82, 2.24) is 0 Å². The molecule has 0 heterocycles. The number of nitrogens with one attached hydrogen (secondary N) is 1. The van der Waals surface area contributed by atoms with Gasteiger partial charge in [0, 0.05) is 19.2 Å². The highest BCUT2D eigenvalue weighted by atomic mass is 16.6. The van der Waals surface area contributed by atoms with Crippen LogP contribution >= 0.6 is 0 Å². The Morgan fingerprint density at radius 2 is 1.48 bits per heavy atom. The van der Waals surface area contributed by atoms with Crippen molar-refractivity contribution in [3.63, 3.8) is 0 Å². The van der Waals surface area contributed by atoms with E-state index in [1.807, 2.05) is 38.2 Å². The highest BCUT2D eigenvalue weighted by Gasteiger charge is 1.98. The second-order valence-corrected chi connectivity index (χ2v) is 4.79. The van der Waals surface area contributed by atoms with E-state index in [1.165, 1.54) is 0 Å². The van der Waals surface area contributed by atoms with Crippen molar-refractivity contribution in [3.05, 3.63) is 24.3 Å². The smallest absolute Gasteiger partial charge is 0.158 e. The Bertz CT molecular complexity index is 421. The van der Waals surface area contributed by atoms with Crippen LogP contribution in [-0.4, -0.2) is 59.1 Å². The van der Waals surface area contributed by atoms with Crippen molar-refractivity contribution < 1.29 is 23.7 Å². The number of hydrogen-bond acceptors (Lipinski definition) is 6. The number of hydrogen-bond donors (Lipinski definition) is 1. The van der Waals surface area contributed by atoms with E-state index in [4.69, 9.17) is 18.9 Å². The monoisotopic (exact) mass is 325 g/mol. The summed E-state index contributed by atoms with van der Waals surface area (Å²) in [5.74, 6) is 0.927. The largest absolute Gasteiger partial charge is 0.491 e. The maximum Gasteiger partial charge on any atom is 0.158 e. The van der Waals surface area contributed by atoms with Crippen LogP contribution in [0.15, 0.2) is 24.3 Å². The molecule has 0 aliphatic rings. The minimum absolute atomic E-state index is 0.105. The molecule has 0 spiro atoms. The van der Waals surface area contributed by atoms with Gasteiger partial charge in [-0.05, 0) is 24.3 Å². The fraction of sp³-hybridized carbons (Fsp3) is 0.588. The van der Waals surface area contributed by atoms with E-state index in [-0.39, 0.29) is 12.4 Å². The number of anilines is 1. The fourth-order valence-corrected chi connectivity index (χ4v) is 1.66. The molecule has 0 saturated heterocycles. The van der Waals surface area contributed by atoms with Crippen LogP contribution in [0.4, 0.5) is 5.69 Å². The molecule has 0 aromatic heterocycles. The first-order valence-electron chi connectivity index (χ1n) is 7.91. The summed E-state index contributed by atoms with van der Waals surface area (Å²) in [4.78, 5) is 11.0. The van der Waals surface area contributed by atoms with Gasteiger partial charge < -0.3 is 24.3 Å². The zero-order valence-corrected chi connectivity index (χ0v) is 14.0. The first kappa shape index (κ1) is 19.4. The van der Waals surface area contributed by atoms with Gasteiger partial charge in [0.15, 0.2) is 5.78 Å². The fourth-order valence-electron chi connectivity index (χ4n) is 1.66. The summed E-state index contributed by atoms with van der Waals surface area (Å²) in [5.41, 5.74) is 1.05. The predicted octanol–water partition coefficient (Wildman–Crippen LogP) is 2.14. The number of rotatable bonds is 14. The molecule has 0 fully saturated rings. The molecule has 1 aromatic rings. The molecule has 130 valence electrons. The molecule has 6 nitrogen and oxygen atoms in total. The van der Waals surface area contributed by atoms with Crippen molar-refractivity contribution in [2.75, 3.05) is 58.6 Å². The Kier molecular flexibility index (Phi) is 10.9. The minimum Gasteiger partial charge on any atom is -0.491 e. The van der Waals surface area contributed by atoms with Gasteiger partial charge >= 0.3 is 0 Å². The van der Waals surface area contributed by atoms with Crippen molar-refractivity contribution in [3.8, 4) is 5.75 Å². The second-order valence-electron chi connectivity index (χ2n) is 4.79. The lowest BCUT2D eigenvalue weighted by Crippen LogP contribution is -2.14. The van der Waals surface area contributed by atoms with Crippen LogP contribution < -0.4 is 10.1 Å². The normalized spacial score (nSPS) is 10.5. The van der Waals surface area contributed by atoms with Gasteiger partial charge in [0.25, 0.3) is 0 Å². The van der Waals surface area contributed by atoms with Crippen LogP contribution in [0.5, 0.6) is 5.75 Å². The average molecular weight is 325 g/mol. The van der Waals surface area contributed by atoms with Gasteiger partial charge in [0.1, 0.15) is 19.0 Å². The molecule has 0 aliphatic carbocycles. The summed E-state index contributed by atoms with van der Waals surface area (Å²) in [7, 11) is 1.88. The molecule has 0 amide bonds. The number of Topliss-reactive ketones (excluding diaryl/α,β-unsaturated/α-hetero) is 1. The topological polar surface area (TPSA) is 66.0 Å². The van der Waals surface area contributed by atoms with Gasteiger partial charge in [-0.2, -0.15) is 0 Å². The number of benzene rings is 1. The van der Waals surface area contributed by atoms with E-state index in [0.29, 0.717) is 46.1 Å². The number of carbonyl (C=O) groups is 1. The van der Waals surface area contributed by atoms with Crippen LogP contribution in [-0.2, 0) is 19.0 Å². The maximum absolute atomic E-state index is 11.0. The quantitative estimate of drug-likeness (QED) is 0.529. The summed E-state index contributed by atoms with van der Waals surface area (Å²) in [6, 6.07) is 7.75. The first-order chi connectivity index (χ1) is 11.3. The van der Waals surface area contributed by atoms with E-state index in [9.17, 15) is 4.79 Å². The summed E-state index contributed by atoms with van der Waals surface area (Å²) >= 11 is 0. The van der Waals surface area contributed by atoms with Crippen molar-refractivity contribution in [1.29, 1.82) is 0 Å². The number of ketones is 1. The van der Waals surface area contributed by atoms with Crippen LogP contribution in [0, 0.1) is 0 Å². The minimum atomic E-state index is 0.105. The highest BCUT2D eigenvalue weighted by molar-refractivity contribution is 5.79. The third-order valence-corrected chi connectivity index (χ3v) is 3.04. The average Bonchev–Trinajstić information content (AvgIpc) is 2.59. The molecule has 0 radical (unpaired) electrons. The van der Waals surface area contributed by atoms with E-state index >= 15 is 0 Å². The third-order valence-electron chi connectivity index (χ3n) is 3.04. The Morgan fingerprint density at radius 1 is 0.913 bits per heavy atom. The lowest BCUT2D eigenvalue weighted by Gasteiger charge is -2.08. The Labute approximate surface area is 138 Å². The number of ether oxygens (including phenoxy) is 4. The van der Waals surface area contributed by atoms with Crippen LogP contribution in [0.2, 0.25) is 0 Å². The molecule has 6 heteroatoms. The predicted molar refractivity (Wildman–Crippen MR) is 89.2 cm³/mol. The molecule has 0 unspecified atom stereocenters. The Hall–Kier alpha value is -1.63. The van der Waals surface area contributed by atoms with E-state index in [2.05, 4.69) is 5.32 Å². The second kappa shape index (κ2) is 12.9. The molecular weight excluding hydrogens is 298 g/mol. The van der Waals surface area contributed by atoms with E-state index in [0.717, 1.165) is 11.4 Å². The van der Waals surface area contributed by atoms with Crippen molar-refractivity contribution in [2.24, 2.45) is 0 Å². The third kappa shape index (κ3) is 9.89. The summed E-state index contributed by atoms with van der Waals surface area (Å²) in [6.45, 7) is 4.91. The standard InChI is InChI=1S/C17H27NO5/c1-3-16(19)14-22-11-10-20-8-9-21-12-13-23-17-6-4-15(18-2)5-7-17/h4-7,18H,3,8-14H2,1-2H3. The Morgan fingerprint density at radius 3 is 2.04 bits per heavy atom. The van der Waals surface area contributed by atoms with Crippen molar-refractivity contribution in [2.45, 2.75) is 13.3 Å². The summed E-state index contributed by atoms with van der Waals surface area (Å²) < 4.78 is 21.4. The molecule has 1 N–H and O–H groups in total. The van der Waals surface area contributed by atoms with Crippen LogP contribution in [0.1, 0.15) is 13.3 Å². The SMILES string of the molecule is CCC(=O)COCCOCCOCCOc1ccc(NC)cc1. The lowest BCUT2D eigenvalue weighted by atomic mass is 10.3. The Balaban J connectivity index is 1.87. The molecule has 0 saturated carbocycles.